The van der Waals surface area contributed by atoms with E-state index in [1.165, 1.54) is 0 Å². The molecule has 96 valence electrons. The van der Waals surface area contributed by atoms with Gasteiger partial charge in [0.2, 0.25) is 0 Å². The highest BCUT2D eigenvalue weighted by atomic mass is 35.5. The zero-order chi connectivity index (χ0) is 13.1. The third kappa shape index (κ3) is 4.87. The molecule has 0 amide bonds. The molecule has 0 aliphatic carbocycles. The van der Waals surface area contributed by atoms with Gasteiger partial charge in [0.05, 0.1) is 0 Å². The van der Waals surface area contributed by atoms with Gasteiger partial charge in [-0.2, -0.15) is 0 Å². The number of benzene rings is 1. The van der Waals surface area contributed by atoms with E-state index < -0.39 is 0 Å². The van der Waals surface area contributed by atoms with Crippen molar-refractivity contribution >= 4 is 23.2 Å². The van der Waals surface area contributed by atoms with Crippen LogP contribution in [0.4, 0.5) is 0 Å². The van der Waals surface area contributed by atoms with E-state index in [2.05, 4.69) is 33.0 Å². The van der Waals surface area contributed by atoms with Crippen LogP contribution in [0.3, 0.4) is 0 Å². The molecule has 1 rings (SSSR count). The first-order valence-corrected chi connectivity index (χ1v) is 6.77. The molecule has 0 spiro atoms. The van der Waals surface area contributed by atoms with Crippen molar-refractivity contribution in [2.45, 2.75) is 40.2 Å². The SMILES string of the molecule is CCC(NCC(C)(C)C)c1ccc(Cl)cc1Cl. The van der Waals surface area contributed by atoms with Crippen molar-refractivity contribution in [3.05, 3.63) is 33.8 Å². The number of halogens is 2. The Morgan fingerprint density at radius 2 is 1.88 bits per heavy atom. The Hall–Kier alpha value is -0.240. The van der Waals surface area contributed by atoms with Gasteiger partial charge in [-0.05, 0) is 29.5 Å². The second kappa shape index (κ2) is 6.08. The molecule has 0 heterocycles. The molecule has 1 N–H and O–H groups in total. The minimum atomic E-state index is 0.270. The highest BCUT2D eigenvalue weighted by Gasteiger charge is 2.16. The van der Waals surface area contributed by atoms with Gasteiger partial charge < -0.3 is 5.32 Å². The Kier molecular flexibility index (Phi) is 5.30. The lowest BCUT2D eigenvalue weighted by molar-refractivity contribution is 0.349. The lowest BCUT2D eigenvalue weighted by atomic mass is 9.95. The molecule has 3 heteroatoms. The Morgan fingerprint density at radius 1 is 1.24 bits per heavy atom. The van der Waals surface area contributed by atoms with Crippen molar-refractivity contribution in [1.82, 2.24) is 5.32 Å². The average molecular weight is 274 g/mol. The van der Waals surface area contributed by atoms with Gasteiger partial charge in [-0.3, -0.25) is 0 Å². The summed E-state index contributed by atoms with van der Waals surface area (Å²) in [6.45, 7) is 9.78. The second-order valence-electron chi connectivity index (χ2n) is 5.57. The van der Waals surface area contributed by atoms with Gasteiger partial charge in [0.15, 0.2) is 0 Å². The first-order valence-electron chi connectivity index (χ1n) is 6.02. The predicted molar refractivity (Wildman–Crippen MR) is 77.0 cm³/mol. The molecule has 1 atom stereocenters. The average Bonchev–Trinajstić information content (AvgIpc) is 2.19. The van der Waals surface area contributed by atoms with Crippen molar-refractivity contribution in [1.29, 1.82) is 0 Å². The van der Waals surface area contributed by atoms with Crippen LogP contribution in [-0.4, -0.2) is 6.54 Å². The summed E-state index contributed by atoms with van der Waals surface area (Å²) < 4.78 is 0. The Balaban J connectivity index is 2.79. The van der Waals surface area contributed by atoms with E-state index in [9.17, 15) is 0 Å². The molecule has 1 unspecified atom stereocenters. The molecule has 0 saturated heterocycles. The summed E-state index contributed by atoms with van der Waals surface area (Å²) in [7, 11) is 0. The number of rotatable bonds is 4. The first-order chi connectivity index (χ1) is 7.83. The molecule has 1 aromatic rings. The van der Waals surface area contributed by atoms with Crippen molar-refractivity contribution < 1.29 is 0 Å². The highest BCUT2D eigenvalue weighted by molar-refractivity contribution is 6.35. The molecule has 0 aliphatic heterocycles. The van der Waals surface area contributed by atoms with Crippen molar-refractivity contribution in [3.8, 4) is 0 Å². The fourth-order valence-corrected chi connectivity index (χ4v) is 2.23. The minimum absolute atomic E-state index is 0.270. The summed E-state index contributed by atoms with van der Waals surface area (Å²) in [6.07, 6.45) is 1.01. The Morgan fingerprint density at radius 3 is 2.35 bits per heavy atom. The summed E-state index contributed by atoms with van der Waals surface area (Å²) in [5.74, 6) is 0. The van der Waals surface area contributed by atoms with Gasteiger partial charge >= 0.3 is 0 Å². The lowest BCUT2D eigenvalue weighted by Crippen LogP contribution is -2.30. The largest absolute Gasteiger partial charge is 0.309 e. The van der Waals surface area contributed by atoms with Crippen molar-refractivity contribution in [3.63, 3.8) is 0 Å². The number of hydrogen-bond donors (Lipinski definition) is 1. The van der Waals surface area contributed by atoms with Crippen LogP contribution in [0, 0.1) is 5.41 Å². The monoisotopic (exact) mass is 273 g/mol. The summed E-state index contributed by atoms with van der Waals surface area (Å²) in [6, 6.07) is 6.00. The van der Waals surface area contributed by atoms with Gasteiger partial charge in [0.25, 0.3) is 0 Å². The summed E-state index contributed by atoms with van der Waals surface area (Å²) in [5, 5.41) is 4.98. The van der Waals surface area contributed by atoms with Crippen LogP contribution in [0.1, 0.15) is 45.7 Å². The molecule has 0 bridgehead atoms. The molecule has 0 fully saturated rings. The van der Waals surface area contributed by atoms with Gasteiger partial charge in [0, 0.05) is 22.6 Å². The van der Waals surface area contributed by atoms with E-state index in [0.29, 0.717) is 11.1 Å². The van der Waals surface area contributed by atoms with Crippen LogP contribution >= 0.6 is 23.2 Å². The summed E-state index contributed by atoms with van der Waals surface area (Å²) in [4.78, 5) is 0. The quantitative estimate of drug-likeness (QED) is 0.807. The Bertz CT molecular complexity index is 369. The van der Waals surface area contributed by atoms with Gasteiger partial charge in [0.1, 0.15) is 0 Å². The molecule has 0 radical (unpaired) electrons. The molecule has 17 heavy (non-hydrogen) atoms. The maximum atomic E-state index is 6.23. The topological polar surface area (TPSA) is 12.0 Å². The van der Waals surface area contributed by atoms with E-state index in [0.717, 1.165) is 23.6 Å². The smallest absolute Gasteiger partial charge is 0.0468 e. The van der Waals surface area contributed by atoms with Gasteiger partial charge in [-0.1, -0.05) is 57.0 Å². The normalized spacial score (nSPS) is 13.8. The van der Waals surface area contributed by atoms with E-state index in [1.807, 2.05) is 12.1 Å². The molecule has 1 nitrogen and oxygen atoms in total. The minimum Gasteiger partial charge on any atom is -0.309 e. The maximum Gasteiger partial charge on any atom is 0.0468 e. The van der Waals surface area contributed by atoms with Gasteiger partial charge in [-0.25, -0.2) is 0 Å². The van der Waals surface area contributed by atoms with Crippen molar-refractivity contribution in [2.75, 3.05) is 6.54 Å². The van der Waals surface area contributed by atoms with E-state index in [4.69, 9.17) is 23.2 Å². The number of nitrogens with one attached hydrogen (secondary N) is 1. The van der Waals surface area contributed by atoms with Gasteiger partial charge in [-0.15, -0.1) is 0 Å². The maximum absolute atomic E-state index is 6.23. The van der Waals surface area contributed by atoms with Crippen LogP contribution in [0.2, 0.25) is 10.0 Å². The highest BCUT2D eigenvalue weighted by Crippen LogP contribution is 2.28. The fraction of sp³-hybridized carbons (Fsp3) is 0.571. The second-order valence-corrected chi connectivity index (χ2v) is 6.41. The first kappa shape index (κ1) is 14.8. The third-order valence-corrected chi connectivity index (χ3v) is 3.19. The molecule has 0 aliphatic rings. The van der Waals surface area contributed by atoms with Crippen LogP contribution in [0.25, 0.3) is 0 Å². The van der Waals surface area contributed by atoms with E-state index in [-0.39, 0.29) is 5.41 Å². The number of hydrogen-bond acceptors (Lipinski definition) is 1. The van der Waals surface area contributed by atoms with Crippen LogP contribution in [0.15, 0.2) is 18.2 Å². The molecular weight excluding hydrogens is 253 g/mol. The predicted octanol–water partition coefficient (Wildman–Crippen LogP) is 5.08. The standard InChI is InChI=1S/C14H21Cl2N/c1-5-13(17-9-14(2,3)4)11-7-6-10(15)8-12(11)16/h6-8,13,17H,5,9H2,1-4H3. The zero-order valence-electron chi connectivity index (χ0n) is 11.0. The Labute approximate surface area is 115 Å². The molecule has 0 saturated carbocycles. The van der Waals surface area contributed by atoms with Crippen LogP contribution in [0.5, 0.6) is 0 Å². The van der Waals surface area contributed by atoms with E-state index >= 15 is 0 Å². The molecular formula is C14H21Cl2N. The van der Waals surface area contributed by atoms with E-state index in [1.54, 1.807) is 6.07 Å². The third-order valence-electron chi connectivity index (χ3n) is 2.62. The van der Waals surface area contributed by atoms with Crippen LogP contribution in [-0.2, 0) is 0 Å². The summed E-state index contributed by atoms with van der Waals surface area (Å²) >= 11 is 12.1. The summed E-state index contributed by atoms with van der Waals surface area (Å²) in [5.41, 5.74) is 1.40. The molecule has 0 aromatic heterocycles. The van der Waals surface area contributed by atoms with Crippen molar-refractivity contribution in [2.24, 2.45) is 5.41 Å². The molecule has 1 aromatic carbocycles. The lowest BCUT2D eigenvalue weighted by Gasteiger charge is -2.25. The zero-order valence-corrected chi connectivity index (χ0v) is 12.5. The van der Waals surface area contributed by atoms with Crippen LogP contribution < -0.4 is 5.32 Å². The fourth-order valence-electron chi connectivity index (χ4n) is 1.69.